The van der Waals surface area contributed by atoms with Crippen molar-refractivity contribution in [1.82, 2.24) is 9.97 Å². The molecule has 0 bridgehead atoms. The smallest absolute Gasteiger partial charge is 0.116 e. The molecule has 1 aromatic carbocycles. The molecule has 12 heavy (non-hydrogen) atoms. The van der Waals surface area contributed by atoms with E-state index in [4.69, 9.17) is 4.89 Å². The van der Waals surface area contributed by atoms with Gasteiger partial charge in [0.05, 0.1) is 19.8 Å². The summed E-state index contributed by atoms with van der Waals surface area (Å²) in [7, 11) is -0.267. The molecule has 0 aliphatic heterocycles. The summed E-state index contributed by atoms with van der Waals surface area (Å²) in [5.74, 6) is 0. The third-order valence-corrected chi connectivity index (χ3v) is 2.26. The first-order valence-electron chi connectivity index (χ1n) is 3.51. The van der Waals surface area contributed by atoms with Gasteiger partial charge >= 0.3 is 0 Å². The number of aromatic nitrogens is 2. The summed E-state index contributed by atoms with van der Waals surface area (Å²) < 4.78 is 0. The molecule has 0 saturated carbocycles. The van der Waals surface area contributed by atoms with Crippen LogP contribution in [0, 0.1) is 0 Å². The fraction of sp³-hybridized carbons (Fsp3) is 0. The van der Waals surface area contributed by atoms with Crippen molar-refractivity contribution in [1.29, 1.82) is 0 Å². The minimum Gasteiger partial charge on any atom is -0.371 e. The molecule has 3 nitrogen and oxygen atoms in total. The van der Waals surface area contributed by atoms with Crippen LogP contribution in [0.1, 0.15) is 0 Å². The first-order chi connectivity index (χ1) is 5.92. The van der Waals surface area contributed by atoms with Crippen molar-refractivity contribution in [3.63, 3.8) is 0 Å². The summed E-state index contributed by atoms with van der Waals surface area (Å²) >= 11 is 0. The van der Waals surface area contributed by atoms with E-state index < -0.39 is 0 Å². The Bertz CT molecular complexity index is 400. The molecule has 60 valence electrons. The van der Waals surface area contributed by atoms with E-state index in [-0.39, 0.29) is 8.81 Å². The van der Waals surface area contributed by atoms with Crippen LogP contribution in [0.25, 0.3) is 10.9 Å². The van der Waals surface area contributed by atoms with Crippen molar-refractivity contribution >= 4 is 25.1 Å². The van der Waals surface area contributed by atoms with Crippen LogP contribution in [0.3, 0.4) is 0 Å². The number of benzene rings is 1. The van der Waals surface area contributed by atoms with Gasteiger partial charge in [-0.25, -0.2) is 9.97 Å². The average molecular weight is 178 g/mol. The molecule has 2 rings (SSSR count). The number of hydrogen-bond acceptors (Lipinski definition) is 3. The van der Waals surface area contributed by atoms with E-state index in [0.29, 0.717) is 5.44 Å². The number of nitrogens with zero attached hydrogens (tertiary/aromatic N) is 2. The van der Waals surface area contributed by atoms with Gasteiger partial charge in [0.15, 0.2) is 0 Å². The lowest BCUT2D eigenvalue weighted by Crippen LogP contribution is -2.02. The Hall–Kier alpha value is -1.05. The van der Waals surface area contributed by atoms with E-state index in [9.17, 15) is 0 Å². The van der Waals surface area contributed by atoms with Gasteiger partial charge in [0, 0.05) is 5.39 Å². The number of rotatable bonds is 1. The highest BCUT2D eigenvalue weighted by Gasteiger charge is 1.99. The van der Waals surface area contributed by atoms with E-state index in [1.165, 1.54) is 6.33 Å². The molecule has 0 aliphatic carbocycles. The fourth-order valence-electron chi connectivity index (χ4n) is 1.09. The maximum absolute atomic E-state index is 8.97. The van der Waals surface area contributed by atoms with Gasteiger partial charge in [0.2, 0.25) is 0 Å². The predicted octanol–water partition coefficient (Wildman–Crippen LogP) is 0.841. The van der Waals surface area contributed by atoms with Crippen LogP contribution in [-0.2, 0) is 0 Å². The monoisotopic (exact) mass is 178 g/mol. The third-order valence-electron chi connectivity index (χ3n) is 1.65. The maximum atomic E-state index is 8.97. The molecule has 4 heteroatoms. The zero-order chi connectivity index (χ0) is 8.39. The van der Waals surface area contributed by atoms with Crippen LogP contribution in [0.4, 0.5) is 0 Å². The second kappa shape index (κ2) is 3.13. The summed E-state index contributed by atoms with van der Waals surface area (Å²) in [6.07, 6.45) is 1.47. The minimum atomic E-state index is -0.267. The SMILES string of the molecule is OPc1ncnc2ccccc12. The Morgan fingerprint density at radius 3 is 2.83 bits per heavy atom. The average Bonchev–Trinajstić information content (AvgIpc) is 2.17. The van der Waals surface area contributed by atoms with E-state index >= 15 is 0 Å². The molecule has 0 fully saturated rings. The Kier molecular flexibility index (Phi) is 1.98. The number of fused-ring (bicyclic) bond motifs is 1. The fourth-order valence-corrected chi connectivity index (χ4v) is 1.54. The predicted molar refractivity (Wildman–Crippen MR) is 49.7 cm³/mol. The molecule has 0 aliphatic rings. The lowest BCUT2D eigenvalue weighted by molar-refractivity contribution is 0.654. The van der Waals surface area contributed by atoms with Gasteiger partial charge in [0.25, 0.3) is 0 Å². The van der Waals surface area contributed by atoms with E-state index in [1.807, 2.05) is 24.3 Å². The molecule has 0 radical (unpaired) electrons. The molecule has 1 atom stereocenters. The van der Waals surface area contributed by atoms with E-state index in [1.54, 1.807) is 0 Å². The molecule has 0 saturated heterocycles. The zero-order valence-corrected chi connectivity index (χ0v) is 7.23. The maximum Gasteiger partial charge on any atom is 0.116 e. The van der Waals surface area contributed by atoms with Crippen LogP contribution in [0.2, 0.25) is 0 Å². The molecule has 1 aromatic heterocycles. The van der Waals surface area contributed by atoms with Crippen molar-refractivity contribution in [3.8, 4) is 0 Å². The van der Waals surface area contributed by atoms with Gasteiger partial charge in [0.1, 0.15) is 6.33 Å². The Balaban J connectivity index is 2.79. The van der Waals surface area contributed by atoms with Crippen LogP contribution in [0.5, 0.6) is 0 Å². The molecule has 1 heterocycles. The highest BCUT2D eigenvalue weighted by Crippen LogP contribution is 2.12. The second-order valence-corrected chi connectivity index (χ2v) is 3.05. The largest absolute Gasteiger partial charge is 0.371 e. The van der Waals surface area contributed by atoms with Gasteiger partial charge < -0.3 is 4.89 Å². The van der Waals surface area contributed by atoms with E-state index in [2.05, 4.69) is 9.97 Å². The summed E-state index contributed by atoms with van der Waals surface area (Å²) in [5.41, 5.74) is 1.59. The van der Waals surface area contributed by atoms with Gasteiger partial charge in [-0.1, -0.05) is 18.2 Å². The lowest BCUT2D eigenvalue weighted by Gasteiger charge is -1.99. The molecule has 0 spiro atoms. The first kappa shape index (κ1) is 7.59. The number of hydrogen-bond donors (Lipinski definition) is 1. The minimum absolute atomic E-state index is 0.267. The van der Waals surface area contributed by atoms with Crippen molar-refractivity contribution < 1.29 is 4.89 Å². The Labute approximate surface area is 71.3 Å². The van der Waals surface area contributed by atoms with Crippen molar-refractivity contribution in [2.75, 3.05) is 0 Å². The Morgan fingerprint density at radius 2 is 2.00 bits per heavy atom. The molecular weight excluding hydrogens is 171 g/mol. The molecule has 1 N–H and O–H groups in total. The zero-order valence-electron chi connectivity index (χ0n) is 6.23. The summed E-state index contributed by atoms with van der Waals surface area (Å²) in [6, 6.07) is 7.64. The summed E-state index contributed by atoms with van der Waals surface area (Å²) in [4.78, 5) is 17.0. The van der Waals surface area contributed by atoms with Gasteiger partial charge in [-0.15, -0.1) is 0 Å². The van der Waals surface area contributed by atoms with E-state index in [0.717, 1.165) is 10.9 Å². The second-order valence-electron chi connectivity index (χ2n) is 2.35. The molecule has 0 amide bonds. The summed E-state index contributed by atoms with van der Waals surface area (Å²) in [5, 5.41) is 0.931. The van der Waals surface area contributed by atoms with Crippen LogP contribution in [-0.4, -0.2) is 14.9 Å². The highest BCUT2D eigenvalue weighted by atomic mass is 31.1. The lowest BCUT2D eigenvalue weighted by atomic mass is 10.2. The molecular formula is C8H7N2OP. The van der Waals surface area contributed by atoms with Crippen LogP contribution >= 0.6 is 8.81 Å². The van der Waals surface area contributed by atoms with Crippen molar-refractivity contribution in [3.05, 3.63) is 30.6 Å². The van der Waals surface area contributed by atoms with Gasteiger partial charge in [-0.2, -0.15) is 0 Å². The van der Waals surface area contributed by atoms with Crippen molar-refractivity contribution in [2.45, 2.75) is 0 Å². The normalized spacial score (nSPS) is 11.4. The first-order valence-corrected chi connectivity index (χ1v) is 4.46. The van der Waals surface area contributed by atoms with Gasteiger partial charge in [-0.05, 0) is 6.07 Å². The summed E-state index contributed by atoms with van der Waals surface area (Å²) in [6.45, 7) is 0. The van der Waals surface area contributed by atoms with Crippen LogP contribution in [0.15, 0.2) is 30.6 Å². The van der Waals surface area contributed by atoms with Crippen molar-refractivity contribution in [2.24, 2.45) is 0 Å². The highest BCUT2D eigenvalue weighted by molar-refractivity contribution is 7.41. The standard InChI is InChI=1S/C8H7N2OP/c11-12-8-6-3-1-2-4-7(6)9-5-10-8/h1-5,11-12H. The quantitative estimate of drug-likeness (QED) is 0.658. The molecule has 1 unspecified atom stereocenters. The van der Waals surface area contributed by atoms with Gasteiger partial charge in [-0.3, -0.25) is 0 Å². The van der Waals surface area contributed by atoms with Crippen LogP contribution < -0.4 is 5.44 Å². The number of para-hydroxylation sites is 1. The third kappa shape index (κ3) is 1.17. The topological polar surface area (TPSA) is 46.0 Å². The Morgan fingerprint density at radius 1 is 1.17 bits per heavy atom. The molecule has 2 aromatic rings.